The van der Waals surface area contributed by atoms with Gasteiger partial charge in [0, 0.05) is 21.1 Å². The second-order valence-corrected chi connectivity index (χ2v) is 9.99. The normalized spacial score (nSPS) is 12.9. The zero-order chi connectivity index (χ0) is 22.8. The van der Waals surface area contributed by atoms with E-state index in [-0.39, 0.29) is 0 Å². The maximum Gasteiger partial charge on any atom is 0.340 e. The van der Waals surface area contributed by atoms with Gasteiger partial charge in [0.15, 0.2) is 6.61 Å². The first kappa shape index (κ1) is 22.3. The van der Waals surface area contributed by atoms with E-state index >= 15 is 0 Å². The van der Waals surface area contributed by atoms with Crippen molar-refractivity contribution in [2.75, 3.05) is 11.9 Å². The number of carbonyl (C=O) groups is 3. The summed E-state index contributed by atoms with van der Waals surface area (Å²) in [7, 11) is 0. The number of nitrogens with two attached hydrogens (primary N) is 1. The van der Waals surface area contributed by atoms with E-state index in [4.69, 9.17) is 10.5 Å². The topological polar surface area (TPSA) is 103 Å². The van der Waals surface area contributed by atoms with Gasteiger partial charge < -0.3 is 20.4 Å². The van der Waals surface area contributed by atoms with Crippen molar-refractivity contribution in [2.45, 2.75) is 46.1 Å². The molecule has 0 aliphatic heterocycles. The highest BCUT2D eigenvalue weighted by molar-refractivity contribution is 7.17. The highest BCUT2D eigenvalue weighted by atomic mass is 32.1. The maximum atomic E-state index is 12.6. The van der Waals surface area contributed by atoms with Crippen LogP contribution in [0.2, 0.25) is 0 Å². The van der Waals surface area contributed by atoms with Crippen molar-refractivity contribution in [3.05, 3.63) is 61.4 Å². The van der Waals surface area contributed by atoms with Crippen LogP contribution in [0.15, 0.2) is 23.6 Å². The second-order valence-electron chi connectivity index (χ2n) is 7.85. The predicted octanol–water partition coefficient (Wildman–Crippen LogP) is 4.05. The lowest BCUT2D eigenvalue weighted by Gasteiger charge is -2.11. The minimum Gasteiger partial charge on any atom is -0.452 e. The Morgan fingerprint density at radius 3 is 2.72 bits per heavy atom. The number of nitrogens with one attached hydrogen (secondary N) is 1. The minimum absolute atomic E-state index is 0.390. The van der Waals surface area contributed by atoms with Crippen LogP contribution >= 0.6 is 22.7 Å². The Bertz CT molecular complexity index is 1170. The molecule has 7 nitrogen and oxygen atoms in total. The monoisotopic (exact) mass is 471 g/mol. The molecule has 0 aromatic carbocycles. The summed E-state index contributed by atoms with van der Waals surface area (Å²) < 4.78 is 7.33. The summed E-state index contributed by atoms with van der Waals surface area (Å²) in [5.41, 5.74) is 9.08. The van der Waals surface area contributed by atoms with Crippen LogP contribution in [0.1, 0.15) is 60.3 Å². The highest BCUT2D eigenvalue weighted by Crippen LogP contribution is 2.37. The Balaban J connectivity index is 1.41. The molecule has 0 spiro atoms. The third-order valence-electron chi connectivity index (χ3n) is 5.69. The van der Waals surface area contributed by atoms with Crippen LogP contribution in [0.5, 0.6) is 0 Å². The third kappa shape index (κ3) is 4.49. The van der Waals surface area contributed by atoms with Crippen molar-refractivity contribution >= 4 is 45.5 Å². The second kappa shape index (κ2) is 9.30. The minimum atomic E-state index is -0.550. The fraction of sp³-hybridized carbons (Fsp3) is 0.348. The summed E-state index contributed by atoms with van der Waals surface area (Å²) >= 11 is 3.04. The van der Waals surface area contributed by atoms with Crippen molar-refractivity contribution in [2.24, 2.45) is 5.73 Å². The average molecular weight is 472 g/mol. The number of amides is 2. The molecule has 0 saturated heterocycles. The number of primary amides is 1. The van der Waals surface area contributed by atoms with Crippen LogP contribution in [0, 0.1) is 13.8 Å². The SMILES string of the molecule is Cc1cc(C(=O)OCC(=O)Nc2sc3c(c2C(N)=O)CCCC3)c(C)n1Cc1cccs1. The van der Waals surface area contributed by atoms with Crippen molar-refractivity contribution in [3.8, 4) is 0 Å². The van der Waals surface area contributed by atoms with Crippen LogP contribution in [-0.4, -0.2) is 29.0 Å². The van der Waals surface area contributed by atoms with Crippen molar-refractivity contribution in [1.29, 1.82) is 0 Å². The zero-order valence-corrected chi connectivity index (χ0v) is 19.7. The molecule has 1 aliphatic rings. The van der Waals surface area contributed by atoms with E-state index < -0.39 is 24.4 Å². The number of anilines is 1. The molecule has 0 bridgehead atoms. The lowest BCUT2D eigenvalue weighted by molar-refractivity contribution is -0.119. The van der Waals surface area contributed by atoms with Gasteiger partial charge in [0.1, 0.15) is 5.00 Å². The molecule has 168 valence electrons. The number of thiophene rings is 2. The Morgan fingerprint density at radius 1 is 1.22 bits per heavy atom. The Hall–Kier alpha value is -2.91. The summed E-state index contributed by atoms with van der Waals surface area (Å²) in [6.07, 6.45) is 3.73. The molecule has 3 heterocycles. The van der Waals surface area contributed by atoms with Gasteiger partial charge in [0.05, 0.1) is 17.7 Å². The molecular weight excluding hydrogens is 446 g/mol. The van der Waals surface area contributed by atoms with E-state index in [1.165, 1.54) is 16.2 Å². The van der Waals surface area contributed by atoms with Gasteiger partial charge in [0.25, 0.3) is 11.8 Å². The number of fused-ring (bicyclic) bond motifs is 1. The molecule has 0 atom stereocenters. The number of ether oxygens (including phenoxy) is 1. The Labute approximate surface area is 194 Å². The first-order valence-corrected chi connectivity index (χ1v) is 12.1. The molecule has 9 heteroatoms. The molecule has 0 saturated carbocycles. The number of nitrogens with zero attached hydrogens (tertiary/aromatic N) is 1. The molecule has 3 N–H and O–H groups in total. The molecular formula is C23H25N3O4S2. The van der Waals surface area contributed by atoms with Gasteiger partial charge in [-0.2, -0.15) is 0 Å². The van der Waals surface area contributed by atoms with Crippen LogP contribution in [-0.2, 0) is 28.9 Å². The number of esters is 1. The van der Waals surface area contributed by atoms with Crippen LogP contribution in [0.25, 0.3) is 0 Å². The van der Waals surface area contributed by atoms with Gasteiger partial charge in [-0.25, -0.2) is 4.79 Å². The average Bonchev–Trinajstić information content (AvgIpc) is 3.46. The Kier molecular flexibility index (Phi) is 6.48. The summed E-state index contributed by atoms with van der Waals surface area (Å²) in [6.45, 7) is 4.05. The largest absolute Gasteiger partial charge is 0.452 e. The van der Waals surface area contributed by atoms with E-state index in [1.807, 2.05) is 25.3 Å². The molecule has 0 unspecified atom stereocenters. The van der Waals surface area contributed by atoms with Crippen LogP contribution in [0.3, 0.4) is 0 Å². The lowest BCUT2D eigenvalue weighted by Crippen LogP contribution is -2.23. The molecule has 3 aromatic rings. The Morgan fingerprint density at radius 2 is 2.00 bits per heavy atom. The van der Waals surface area contributed by atoms with Crippen LogP contribution < -0.4 is 11.1 Å². The predicted molar refractivity (Wildman–Crippen MR) is 126 cm³/mol. The van der Waals surface area contributed by atoms with Gasteiger partial charge in [0.2, 0.25) is 0 Å². The zero-order valence-electron chi connectivity index (χ0n) is 18.0. The van der Waals surface area contributed by atoms with Crippen molar-refractivity contribution < 1.29 is 19.1 Å². The summed E-state index contributed by atoms with van der Waals surface area (Å²) in [5.74, 6) is -1.59. The molecule has 0 fully saturated rings. The van der Waals surface area contributed by atoms with Crippen molar-refractivity contribution in [3.63, 3.8) is 0 Å². The summed E-state index contributed by atoms with van der Waals surface area (Å²) in [6, 6.07) is 5.83. The maximum absolute atomic E-state index is 12.6. The van der Waals surface area contributed by atoms with Gasteiger partial charge in [-0.3, -0.25) is 9.59 Å². The third-order valence-corrected chi connectivity index (χ3v) is 7.76. The van der Waals surface area contributed by atoms with E-state index in [1.54, 1.807) is 17.4 Å². The first-order valence-electron chi connectivity index (χ1n) is 10.5. The van der Waals surface area contributed by atoms with Crippen LogP contribution in [0.4, 0.5) is 5.00 Å². The summed E-state index contributed by atoms with van der Waals surface area (Å²) in [4.78, 5) is 39.4. The fourth-order valence-corrected chi connectivity index (χ4v) is 6.10. The molecule has 2 amide bonds. The van der Waals surface area contributed by atoms with E-state index in [2.05, 4.69) is 16.0 Å². The van der Waals surface area contributed by atoms with Gasteiger partial charge in [-0.1, -0.05) is 6.07 Å². The number of carbonyl (C=O) groups excluding carboxylic acids is 3. The summed E-state index contributed by atoms with van der Waals surface area (Å²) in [5, 5.41) is 5.18. The van der Waals surface area contributed by atoms with Crippen molar-refractivity contribution in [1.82, 2.24) is 4.57 Å². The molecule has 3 aromatic heterocycles. The van der Waals surface area contributed by atoms with E-state index in [0.29, 0.717) is 22.7 Å². The number of aromatic nitrogens is 1. The molecule has 4 rings (SSSR count). The first-order chi connectivity index (χ1) is 15.3. The van der Waals surface area contributed by atoms with Gasteiger partial charge >= 0.3 is 5.97 Å². The van der Waals surface area contributed by atoms with Gasteiger partial charge in [-0.15, -0.1) is 22.7 Å². The lowest BCUT2D eigenvalue weighted by atomic mass is 9.95. The molecule has 0 radical (unpaired) electrons. The quantitative estimate of drug-likeness (QED) is 0.507. The van der Waals surface area contributed by atoms with E-state index in [9.17, 15) is 14.4 Å². The fourth-order valence-electron chi connectivity index (χ4n) is 4.10. The molecule has 1 aliphatic carbocycles. The van der Waals surface area contributed by atoms with E-state index in [0.717, 1.165) is 47.5 Å². The molecule has 32 heavy (non-hydrogen) atoms. The number of aryl methyl sites for hydroxylation is 2. The highest BCUT2D eigenvalue weighted by Gasteiger charge is 2.25. The van der Waals surface area contributed by atoms with Gasteiger partial charge in [-0.05, 0) is 62.6 Å². The smallest absolute Gasteiger partial charge is 0.340 e. The number of hydrogen-bond donors (Lipinski definition) is 2. The number of rotatable bonds is 7. The standard InChI is InChI=1S/C23H25N3O4S2/c1-13-10-17(14(2)26(13)11-15-6-5-9-31-15)23(29)30-12-19(27)25-22-20(21(24)28)16-7-3-4-8-18(16)32-22/h5-6,9-10H,3-4,7-8,11-12H2,1-2H3,(H2,24,28)(H,25,27). The number of hydrogen-bond acceptors (Lipinski definition) is 6.